The zero-order valence-corrected chi connectivity index (χ0v) is 74.7. The molecule has 5 aromatic carbocycles. The van der Waals surface area contributed by atoms with Gasteiger partial charge in [0.2, 0.25) is 0 Å². The summed E-state index contributed by atoms with van der Waals surface area (Å²) in [5.41, 5.74) is 0. The van der Waals surface area contributed by atoms with E-state index in [1.807, 2.05) is 91.0 Å². The van der Waals surface area contributed by atoms with Crippen LogP contribution >= 0.6 is 0 Å². The van der Waals surface area contributed by atoms with E-state index in [0.29, 0.717) is 0 Å². The second-order valence-corrected chi connectivity index (χ2v) is 71.3. The summed E-state index contributed by atoms with van der Waals surface area (Å²) in [5, 5.41) is 5.11. The van der Waals surface area contributed by atoms with Gasteiger partial charge in [0, 0.05) is 25.9 Å². The van der Waals surface area contributed by atoms with Gasteiger partial charge in [-0.05, 0) is 157 Å². The highest BCUT2D eigenvalue weighted by Crippen LogP contribution is 2.28. The number of rotatable bonds is 33. The van der Waals surface area contributed by atoms with Crippen molar-refractivity contribution in [1.29, 1.82) is 0 Å². The van der Waals surface area contributed by atoms with Gasteiger partial charge in [-0.2, -0.15) is 0 Å². The van der Waals surface area contributed by atoms with Crippen molar-refractivity contribution in [2.45, 2.75) is 157 Å². The van der Waals surface area contributed by atoms with Crippen LogP contribution in [0.5, 0.6) is 0 Å². The predicted octanol–water partition coefficient (Wildman–Crippen LogP) is 7.94. The Labute approximate surface area is 540 Å². The molecule has 0 bridgehead atoms. The SMILES string of the molecule is C[SiH](C)O[Si](O[SiH](C)C)(O[SiH](C)C)c1ccccc1.C[SiH](C)O[Si](O[SiH](C)C)(O[Si](C)(C)O[Si](O[SiH](C)C)(O[SiH](C)C)c1ccccc1)c1ccccc1.C[SiH](C)O[Si](O[SiH](C)C)(O[Si](O[SiH](C)C)(O[SiH](C)C)c1ccccc1)c1ccccc1. The van der Waals surface area contributed by atoms with Gasteiger partial charge in [0.05, 0.1) is 0 Å². The van der Waals surface area contributed by atoms with Crippen molar-refractivity contribution in [2.24, 2.45) is 0 Å². The fourth-order valence-electron chi connectivity index (χ4n) is 8.84. The molecule has 0 aliphatic rings. The Morgan fingerprint density at radius 1 is 0.188 bits per heavy atom. The van der Waals surface area contributed by atoms with Gasteiger partial charge in [0.1, 0.15) is 0 Å². The van der Waals surface area contributed by atoms with Crippen LogP contribution in [-0.2, 0) is 57.6 Å². The molecular weight excluding hydrogens is 1350 g/mol. The van der Waals surface area contributed by atoms with Crippen LogP contribution < -0.4 is 25.9 Å². The summed E-state index contributed by atoms with van der Waals surface area (Å²) in [6.07, 6.45) is 0. The molecule has 0 aliphatic carbocycles. The van der Waals surface area contributed by atoms with Crippen LogP contribution in [0.3, 0.4) is 0 Å². The normalized spacial score (nSPS) is 13.1. The van der Waals surface area contributed by atoms with Gasteiger partial charge in [0.25, 0.3) is 0 Å². The topological polar surface area (TPSA) is 129 Å². The molecule has 14 nitrogen and oxygen atoms in total. The Balaban J connectivity index is 0.000000348. The van der Waals surface area contributed by atoms with Crippen LogP contribution in [0.25, 0.3) is 0 Å². The van der Waals surface area contributed by atoms with Crippen molar-refractivity contribution in [1.82, 2.24) is 0 Å². The molecule has 476 valence electrons. The highest BCUT2D eigenvalue weighted by Gasteiger charge is 2.58. The molecule has 5 rings (SSSR count). The molecular formula is C54H108O14Si17. The third kappa shape index (κ3) is 27.1. The van der Waals surface area contributed by atoms with Crippen molar-refractivity contribution < 1.29 is 57.6 Å². The van der Waals surface area contributed by atoms with E-state index < -0.39 is 152 Å². The Bertz CT molecular complexity index is 2370. The minimum absolute atomic E-state index is 0.994. The molecule has 0 aliphatic heterocycles. The van der Waals surface area contributed by atoms with Crippen LogP contribution in [0, 0.1) is 0 Å². The van der Waals surface area contributed by atoms with Crippen LogP contribution in [0.2, 0.25) is 157 Å². The average molecular weight is 1460 g/mol. The standard InChI is InChI=1S/C22H44O6Si7.C20H38O5Si6.C12H26O3Si4/c1-29(2)23-34(24-30(3)4,21-17-13-11-14-18-21)27-33(9,10)28-35(25-31(5)6,26-32(7)8)22-19-15-12-16-20-22;1-26(2)21-30(22-27(3)4,19-15-11-9-12-16-19)25-31(23-28(5)6,24-29(7)8)20-17-13-10-14-18-20;1-16(2)13-19(14-17(3)4,15-18(5)6)12-10-8-7-9-11-12/h11-20,29-32H,1-10H3;9-18,26-29H,1-8H3;7-11,16-18H,1-6H3. The highest BCUT2D eigenvalue weighted by atomic mass is 28.5. The molecule has 0 aromatic heterocycles. The molecule has 0 unspecified atom stereocenters. The van der Waals surface area contributed by atoms with Gasteiger partial charge < -0.3 is 57.6 Å². The van der Waals surface area contributed by atoms with E-state index in [9.17, 15) is 0 Å². The van der Waals surface area contributed by atoms with E-state index in [0.717, 1.165) is 25.9 Å². The van der Waals surface area contributed by atoms with E-state index >= 15 is 0 Å². The Hall–Kier alpha value is -0.773. The summed E-state index contributed by atoms with van der Waals surface area (Å²) >= 11 is 0. The first-order chi connectivity index (χ1) is 39.7. The summed E-state index contributed by atoms with van der Waals surface area (Å²) < 4.78 is 94.2. The molecule has 0 saturated heterocycles. The number of hydrogen-bond donors (Lipinski definition) is 0. The highest BCUT2D eigenvalue weighted by molar-refractivity contribution is 6.97. The minimum atomic E-state index is -3.27. The van der Waals surface area contributed by atoms with Crippen molar-refractivity contribution in [2.75, 3.05) is 0 Å². The van der Waals surface area contributed by atoms with Gasteiger partial charge in [0.15, 0.2) is 99.4 Å². The first-order valence-corrected chi connectivity index (χ1v) is 72.6. The second-order valence-electron chi connectivity index (χ2n) is 24.1. The van der Waals surface area contributed by atoms with Crippen LogP contribution in [0.15, 0.2) is 152 Å². The van der Waals surface area contributed by atoms with Gasteiger partial charge in [-0.1, -0.05) is 152 Å². The third-order valence-corrected chi connectivity index (χ3v) is 58.8. The molecule has 0 N–H and O–H groups in total. The molecule has 0 radical (unpaired) electrons. The first-order valence-electron chi connectivity index (χ1n) is 30.6. The minimum Gasteiger partial charge on any atom is -0.416 e. The lowest BCUT2D eigenvalue weighted by Gasteiger charge is -2.43. The molecule has 0 fully saturated rings. The Kier molecular flexibility index (Phi) is 34.8. The lowest BCUT2D eigenvalue weighted by atomic mass is 10.4. The summed E-state index contributed by atoms with van der Waals surface area (Å²) in [6, 6.07) is 51.1. The lowest BCUT2D eigenvalue weighted by molar-refractivity contribution is 0.206. The molecule has 0 heterocycles. The summed E-state index contributed by atoms with van der Waals surface area (Å²) in [6.45, 7) is 51.9. The van der Waals surface area contributed by atoms with Crippen LogP contribution in [-0.4, -0.2) is 152 Å². The molecule has 31 heteroatoms. The zero-order chi connectivity index (χ0) is 63.8. The van der Waals surface area contributed by atoms with E-state index in [2.05, 4.69) is 218 Å². The maximum absolute atomic E-state index is 7.17. The van der Waals surface area contributed by atoms with Gasteiger partial charge >= 0.3 is 52.6 Å². The first kappa shape index (κ1) is 78.5. The maximum Gasteiger partial charge on any atom is 0.508 e. The Morgan fingerprint density at radius 2 is 0.318 bits per heavy atom. The van der Waals surface area contributed by atoms with Crippen LogP contribution in [0.4, 0.5) is 0 Å². The molecule has 0 spiro atoms. The van der Waals surface area contributed by atoms with E-state index in [1.165, 1.54) is 0 Å². The fraction of sp³-hybridized carbons (Fsp3) is 0.444. The zero-order valence-electron chi connectivity index (χ0n) is 56.0. The Morgan fingerprint density at radius 3 is 0.471 bits per heavy atom. The molecule has 5 aromatic rings. The van der Waals surface area contributed by atoms with E-state index in [4.69, 9.17) is 57.6 Å². The average Bonchev–Trinajstić information content (AvgIpc) is 3.18. The largest absolute Gasteiger partial charge is 0.508 e. The number of hydrogen-bond acceptors (Lipinski definition) is 14. The molecule has 0 saturated carbocycles. The van der Waals surface area contributed by atoms with Crippen LogP contribution in [0.1, 0.15) is 0 Å². The van der Waals surface area contributed by atoms with Crippen molar-refractivity contribution in [3.05, 3.63) is 152 Å². The summed E-state index contributed by atoms with van der Waals surface area (Å²) in [4.78, 5) is 0. The van der Waals surface area contributed by atoms with Crippen molar-refractivity contribution in [3.8, 4) is 0 Å². The smallest absolute Gasteiger partial charge is 0.416 e. The van der Waals surface area contributed by atoms with Crippen molar-refractivity contribution in [3.63, 3.8) is 0 Å². The van der Waals surface area contributed by atoms with Gasteiger partial charge in [-0.3, -0.25) is 0 Å². The summed E-state index contributed by atoms with van der Waals surface area (Å²) in [7, 11) is -34.3. The molecule has 0 atom stereocenters. The predicted molar refractivity (Wildman–Crippen MR) is 399 cm³/mol. The quantitative estimate of drug-likeness (QED) is 0.0377. The lowest BCUT2D eigenvalue weighted by Crippen LogP contribution is -2.72. The number of benzene rings is 5. The fourth-order valence-corrected chi connectivity index (χ4v) is 64.2. The second kappa shape index (κ2) is 37.7. The van der Waals surface area contributed by atoms with E-state index in [1.54, 1.807) is 0 Å². The van der Waals surface area contributed by atoms with Gasteiger partial charge in [-0.25, -0.2) is 0 Å². The van der Waals surface area contributed by atoms with Gasteiger partial charge in [-0.15, -0.1) is 0 Å². The van der Waals surface area contributed by atoms with Crippen molar-refractivity contribution >= 4 is 178 Å². The molecule has 85 heavy (non-hydrogen) atoms. The molecule has 0 amide bonds. The monoisotopic (exact) mass is 1460 g/mol. The maximum atomic E-state index is 7.17. The summed E-state index contributed by atoms with van der Waals surface area (Å²) in [5.74, 6) is 0. The van der Waals surface area contributed by atoms with E-state index in [-0.39, 0.29) is 0 Å². The third-order valence-electron chi connectivity index (χ3n) is 11.0.